The first-order valence-electron chi connectivity index (χ1n) is 13.4. The molecule has 224 valence electrons. The SMILES string of the molecule is COC(=O)C1(CC(=O)CCCCCNC(=O)OCc2ccccc2)CC(O)C(CC(C)=O)C([C@@H](O)[C@H](O)CO)O1. The van der Waals surface area contributed by atoms with E-state index in [0.717, 1.165) is 12.7 Å². The molecule has 2 rings (SSSR count). The van der Waals surface area contributed by atoms with Crippen LogP contribution in [0, 0.1) is 5.92 Å². The van der Waals surface area contributed by atoms with E-state index in [9.17, 15) is 39.6 Å². The van der Waals surface area contributed by atoms with Crippen molar-refractivity contribution in [3.05, 3.63) is 35.9 Å². The molecule has 5 N–H and O–H groups in total. The maximum absolute atomic E-state index is 12.9. The number of aliphatic hydroxyl groups excluding tert-OH is 4. The van der Waals surface area contributed by atoms with Crippen LogP contribution in [0.1, 0.15) is 57.4 Å². The first kappa shape index (κ1) is 33.3. The number of hydrogen-bond donors (Lipinski definition) is 5. The van der Waals surface area contributed by atoms with Crippen LogP contribution in [0.2, 0.25) is 0 Å². The van der Waals surface area contributed by atoms with Crippen LogP contribution in [0.5, 0.6) is 0 Å². The minimum atomic E-state index is -1.94. The molecular formula is C28H41NO11. The summed E-state index contributed by atoms with van der Waals surface area (Å²) in [6.07, 6.45) is -5.98. The Kier molecular flexibility index (Phi) is 13.6. The Bertz CT molecular complexity index is 972. The molecule has 1 aromatic carbocycles. The summed E-state index contributed by atoms with van der Waals surface area (Å²) in [4.78, 5) is 49.3. The van der Waals surface area contributed by atoms with E-state index in [0.29, 0.717) is 25.8 Å². The largest absolute Gasteiger partial charge is 0.467 e. The molecule has 1 saturated heterocycles. The average molecular weight is 568 g/mol. The van der Waals surface area contributed by atoms with Gasteiger partial charge in [0.05, 0.1) is 25.9 Å². The summed E-state index contributed by atoms with van der Waals surface area (Å²) in [6, 6.07) is 9.26. The molecule has 0 radical (unpaired) electrons. The van der Waals surface area contributed by atoms with Gasteiger partial charge in [0.25, 0.3) is 0 Å². The zero-order valence-corrected chi connectivity index (χ0v) is 23.0. The van der Waals surface area contributed by atoms with Crippen LogP contribution in [0.4, 0.5) is 4.79 Å². The van der Waals surface area contributed by atoms with Crippen molar-refractivity contribution >= 4 is 23.6 Å². The molecule has 1 aliphatic heterocycles. The average Bonchev–Trinajstić information content (AvgIpc) is 2.94. The topological polar surface area (TPSA) is 189 Å². The highest BCUT2D eigenvalue weighted by Gasteiger charge is 2.55. The Labute approximate surface area is 233 Å². The zero-order chi connectivity index (χ0) is 29.7. The number of amides is 1. The number of Topliss-reactive ketones (excluding diaryl/α,β-unsaturated/α-hetero) is 2. The molecule has 0 bridgehead atoms. The quantitative estimate of drug-likeness (QED) is 0.140. The third-order valence-corrected chi connectivity index (χ3v) is 6.91. The van der Waals surface area contributed by atoms with E-state index >= 15 is 0 Å². The fourth-order valence-corrected chi connectivity index (χ4v) is 4.84. The van der Waals surface area contributed by atoms with Crippen molar-refractivity contribution in [2.24, 2.45) is 5.92 Å². The fraction of sp³-hybridized carbons (Fsp3) is 0.643. The van der Waals surface area contributed by atoms with Crippen molar-refractivity contribution in [1.29, 1.82) is 0 Å². The Morgan fingerprint density at radius 1 is 1.12 bits per heavy atom. The predicted octanol–water partition coefficient (Wildman–Crippen LogP) is 0.803. The van der Waals surface area contributed by atoms with Crippen molar-refractivity contribution in [3.8, 4) is 0 Å². The first-order valence-corrected chi connectivity index (χ1v) is 13.4. The summed E-state index contributed by atoms with van der Waals surface area (Å²) in [7, 11) is 1.10. The van der Waals surface area contributed by atoms with E-state index in [1.54, 1.807) is 0 Å². The number of nitrogens with one attached hydrogen (secondary N) is 1. The molecule has 1 fully saturated rings. The van der Waals surface area contributed by atoms with Gasteiger partial charge in [-0.25, -0.2) is 9.59 Å². The van der Waals surface area contributed by atoms with Gasteiger partial charge in [-0.2, -0.15) is 0 Å². The number of alkyl carbamates (subject to hydrolysis) is 1. The number of esters is 1. The van der Waals surface area contributed by atoms with Crippen LogP contribution < -0.4 is 5.32 Å². The lowest BCUT2D eigenvalue weighted by Crippen LogP contribution is -2.61. The summed E-state index contributed by atoms with van der Waals surface area (Å²) in [5, 5.41) is 43.4. The number of carbonyl (C=O) groups excluding carboxylic acids is 4. The molecule has 1 aliphatic rings. The third kappa shape index (κ3) is 9.93. The summed E-state index contributed by atoms with van der Waals surface area (Å²) in [5.41, 5.74) is -1.07. The lowest BCUT2D eigenvalue weighted by molar-refractivity contribution is -0.242. The lowest BCUT2D eigenvalue weighted by atomic mass is 9.75. The fourth-order valence-electron chi connectivity index (χ4n) is 4.84. The number of methoxy groups -OCH3 is 1. The second-order valence-corrected chi connectivity index (χ2v) is 10.2. The molecule has 1 amide bonds. The number of unbranched alkanes of at least 4 members (excludes halogenated alkanes) is 2. The third-order valence-electron chi connectivity index (χ3n) is 6.91. The van der Waals surface area contributed by atoms with Gasteiger partial charge >= 0.3 is 12.1 Å². The Morgan fingerprint density at radius 2 is 1.82 bits per heavy atom. The predicted molar refractivity (Wildman–Crippen MR) is 141 cm³/mol. The smallest absolute Gasteiger partial charge is 0.407 e. The second kappa shape index (κ2) is 16.4. The van der Waals surface area contributed by atoms with E-state index in [-0.39, 0.29) is 37.4 Å². The van der Waals surface area contributed by atoms with Crippen molar-refractivity contribution in [3.63, 3.8) is 0 Å². The molecule has 6 atom stereocenters. The van der Waals surface area contributed by atoms with E-state index in [2.05, 4.69) is 5.32 Å². The number of hydrogen-bond acceptors (Lipinski definition) is 11. The van der Waals surface area contributed by atoms with Crippen molar-refractivity contribution in [2.45, 2.75) is 88.5 Å². The van der Waals surface area contributed by atoms with Gasteiger partial charge in [-0.3, -0.25) is 4.79 Å². The van der Waals surface area contributed by atoms with Crippen molar-refractivity contribution in [1.82, 2.24) is 5.32 Å². The van der Waals surface area contributed by atoms with Crippen molar-refractivity contribution in [2.75, 3.05) is 20.3 Å². The van der Waals surface area contributed by atoms with Gasteiger partial charge < -0.3 is 44.7 Å². The summed E-state index contributed by atoms with van der Waals surface area (Å²) in [5.74, 6) is -2.58. The highest BCUT2D eigenvalue weighted by molar-refractivity contribution is 5.89. The number of ketones is 2. The van der Waals surface area contributed by atoms with Gasteiger partial charge in [0.15, 0.2) is 5.60 Å². The molecule has 0 aliphatic carbocycles. The second-order valence-electron chi connectivity index (χ2n) is 10.2. The molecule has 0 spiro atoms. The Hall–Kier alpha value is -2.90. The minimum absolute atomic E-state index is 0.0833. The van der Waals surface area contributed by atoms with Gasteiger partial charge in [0.1, 0.15) is 30.4 Å². The minimum Gasteiger partial charge on any atom is -0.467 e. The number of benzene rings is 1. The lowest BCUT2D eigenvalue weighted by Gasteiger charge is -2.47. The summed E-state index contributed by atoms with van der Waals surface area (Å²) in [6.45, 7) is 0.973. The van der Waals surface area contributed by atoms with Crippen LogP contribution in [-0.2, 0) is 35.2 Å². The molecule has 1 heterocycles. The molecule has 1 aromatic rings. The van der Waals surface area contributed by atoms with Gasteiger partial charge in [0, 0.05) is 38.1 Å². The standard InChI is InChI=1S/C28H41NO11/c1-18(31)13-21-22(33)15-28(26(36)38-2,40-25(21)24(35)23(34)16-30)14-20(32)11-7-4-8-12-29-27(37)39-17-19-9-5-3-6-10-19/h3,5-6,9-10,21-25,30,33-35H,4,7-8,11-17H2,1-2H3,(H,29,37)/t21?,22?,23-,24+,25?,28?/m1/s1. The number of aliphatic hydroxyl groups is 4. The van der Waals surface area contributed by atoms with Crippen LogP contribution in [0.25, 0.3) is 0 Å². The van der Waals surface area contributed by atoms with Gasteiger partial charge in [-0.15, -0.1) is 0 Å². The monoisotopic (exact) mass is 567 g/mol. The molecule has 12 heteroatoms. The van der Waals surface area contributed by atoms with Gasteiger partial charge in [-0.05, 0) is 25.3 Å². The first-order chi connectivity index (χ1) is 19.0. The van der Waals surface area contributed by atoms with Crippen LogP contribution in [0.15, 0.2) is 30.3 Å². The van der Waals surface area contributed by atoms with Crippen LogP contribution >= 0.6 is 0 Å². The van der Waals surface area contributed by atoms with E-state index < -0.39 is 61.0 Å². The normalized spacial score (nSPS) is 24.0. The maximum atomic E-state index is 12.9. The van der Waals surface area contributed by atoms with E-state index in [1.165, 1.54) is 6.92 Å². The number of carbonyl (C=O) groups is 4. The van der Waals surface area contributed by atoms with Gasteiger partial charge in [-0.1, -0.05) is 36.8 Å². The molecule has 0 aromatic heterocycles. The molecule has 0 saturated carbocycles. The highest BCUT2D eigenvalue weighted by Crippen LogP contribution is 2.40. The molecule has 40 heavy (non-hydrogen) atoms. The summed E-state index contributed by atoms with van der Waals surface area (Å²) < 4.78 is 15.9. The maximum Gasteiger partial charge on any atom is 0.407 e. The highest BCUT2D eigenvalue weighted by atomic mass is 16.6. The molecule has 4 unspecified atom stereocenters. The van der Waals surface area contributed by atoms with Crippen molar-refractivity contribution < 1.29 is 53.8 Å². The van der Waals surface area contributed by atoms with E-state index in [4.69, 9.17) is 14.2 Å². The summed E-state index contributed by atoms with van der Waals surface area (Å²) >= 11 is 0. The van der Waals surface area contributed by atoms with Gasteiger partial charge in [0.2, 0.25) is 0 Å². The van der Waals surface area contributed by atoms with Crippen LogP contribution in [-0.4, -0.2) is 94.3 Å². The van der Waals surface area contributed by atoms with Crippen LogP contribution in [0.3, 0.4) is 0 Å². The Balaban J connectivity index is 1.90. The van der Waals surface area contributed by atoms with E-state index in [1.807, 2.05) is 30.3 Å². The molecule has 12 nitrogen and oxygen atoms in total. The zero-order valence-electron chi connectivity index (χ0n) is 23.0. The number of rotatable bonds is 16. The Morgan fingerprint density at radius 3 is 2.45 bits per heavy atom. The molecular weight excluding hydrogens is 526 g/mol. The number of ether oxygens (including phenoxy) is 3.